The zero-order chi connectivity index (χ0) is 14.7. The lowest BCUT2D eigenvalue weighted by Gasteiger charge is -2.14. The van der Waals surface area contributed by atoms with Gasteiger partial charge in [-0.1, -0.05) is 22.0 Å². The minimum Gasteiger partial charge on any atom is -0.496 e. The predicted molar refractivity (Wildman–Crippen MR) is 86.5 cm³/mol. The van der Waals surface area contributed by atoms with Crippen molar-refractivity contribution in [3.05, 3.63) is 51.3 Å². The van der Waals surface area contributed by atoms with Gasteiger partial charge in [0.2, 0.25) is 0 Å². The van der Waals surface area contributed by atoms with Gasteiger partial charge in [0, 0.05) is 27.5 Å². The van der Waals surface area contributed by atoms with Crippen LogP contribution in [0.5, 0.6) is 5.75 Å². The van der Waals surface area contributed by atoms with E-state index in [0.29, 0.717) is 6.54 Å². The fourth-order valence-electron chi connectivity index (χ4n) is 2.23. The molecule has 0 amide bonds. The monoisotopic (exact) mass is 334 g/mol. The number of pyridine rings is 1. The van der Waals surface area contributed by atoms with E-state index in [1.165, 1.54) is 5.56 Å². The third-order valence-electron chi connectivity index (χ3n) is 3.46. The summed E-state index contributed by atoms with van der Waals surface area (Å²) in [5, 5.41) is 3.43. The highest BCUT2D eigenvalue weighted by Gasteiger charge is 2.09. The number of anilines is 1. The quantitative estimate of drug-likeness (QED) is 0.900. The molecule has 1 N–H and O–H groups in total. The first-order valence-corrected chi connectivity index (χ1v) is 7.32. The van der Waals surface area contributed by atoms with Crippen molar-refractivity contribution in [2.24, 2.45) is 0 Å². The topological polar surface area (TPSA) is 34.1 Å². The van der Waals surface area contributed by atoms with Gasteiger partial charge in [0.15, 0.2) is 0 Å². The van der Waals surface area contributed by atoms with Crippen molar-refractivity contribution in [1.82, 2.24) is 4.98 Å². The Morgan fingerprint density at radius 1 is 1.20 bits per heavy atom. The fraction of sp³-hybridized carbons (Fsp3) is 0.312. The molecule has 3 nitrogen and oxygen atoms in total. The maximum absolute atomic E-state index is 5.44. The molecule has 0 bridgehead atoms. The molecule has 20 heavy (non-hydrogen) atoms. The third kappa shape index (κ3) is 2.96. The SMILES string of the molecule is COc1c(C)cnc(CNc2cccc(Br)c2C)c1C. The highest BCUT2D eigenvalue weighted by Crippen LogP contribution is 2.26. The molecule has 0 unspecified atom stereocenters. The van der Waals surface area contributed by atoms with Crippen LogP contribution in [0.3, 0.4) is 0 Å². The van der Waals surface area contributed by atoms with Gasteiger partial charge in [-0.25, -0.2) is 0 Å². The van der Waals surface area contributed by atoms with E-state index in [1.807, 2.05) is 32.2 Å². The van der Waals surface area contributed by atoms with E-state index >= 15 is 0 Å². The number of rotatable bonds is 4. The standard InChI is InChI=1S/C16H19BrN2O/c1-10-8-18-15(12(3)16(10)20-4)9-19-14-7-5-6-13(17)11(14)2/h5-8,19H,9H2,1-4H3. The van der Waals surface area contributed by atoms with E-state index in [4.69, 9.17) is 4.74 Å². The van der Waals surface area contributed by atoms with Crippen molar-refractivity contribution in [2.75, 3.05) is 12.4 Å². The van der Waals surface area contributed by atoms with E-state index in [-0.39, 0.29) is 0 Å². The number of methoxy groups -OCH3 is 1. The van der Waals surface area contributed by atoms with E-state index in [9.17, 15) is 0 Å². The second-order valence-electron chi connectivity index (χ2n) is 4.81. The van der Waals surface area contributed by atoms with Crippen molar-refractivity contribution in [2.45, 2.75) is 27.3 Å². The zero-order valence-electron chi connectivity index (χ0n) is 12.2. The van der Waals surface area contributed by atoms with Gasteiger partial charge < -0.3 is 10.1 Å². The van der Waals surface area contributed by atoms with Crippen molar-refractivity contribution < 1.29 is 4.74 Å². The lowest BCUT2D eigenvalue weighted by atomic mass is 10.1. The molecule has 2 rings (SSSR count). The number of hydrogen-bond acceptors (Lipinski definition) is 3. The minimum absolute atomic E-state index is 0.680. The largest absolute Gasteiger partial charge is 0.496 e. The van der Waals surface area contributed by atoms with Crippen LogP contribution in [-0.4, -0.2) is 12.1 Å². The molecule has 0 saturated carbocycles. The van der Waals surface area contributed by atoms with Gasteiger partial charge in [0.25, 0.3) is 0 Å². The summed E-state index contributed by atoms with van der Waals surface area (Å²) < 4.78 is 6.54. The van der Waals surface area contributed by atoms with Crippen LogP contribution < -0.4 is 10.1 Å². The lowest BCUT2D eigenvalue weighted by molar-refractivity contribution is 0.407. The van der Waals surface area contributed by atoms with Crippen LogP contribution >= 0.6 is 15.9 Å². The number of benzene rings is 1. The molecule has 106 valence electrons. The van der Waals surface area contributed by atoms with Crippen molar-refractivity contribution in [3.63, 3.8) is 0 Å². The Morgan fingerprint density at radius 3 is 2.65 bits per heavy atom. The minimum atomic E-state index is 0.680. The molecular formula is C16H19BrN2O. The Kier molecular flexibility index (Phi) is 4.65. The molecule has 0 saturated heterocycles. The summed E-state index contributed by atoms with van der Waals surface area (Å²) in [6.07, 6.45) is 1.86. The second-order valence-corrected chi connectivity index (χ2v) is 5.67. The Bertz CT molecular complexity index is 626. The molecule has 0 aliphatic heterocycles. The van der Waals surface area contributed by atoms with E-state index < -0.39 is 0 Å². The first-order valence-electron chi connectivity index (χ1n) is 6.52. The molecule has 0 fully saturated rings. The summed E-state index contributed by atoms with van der Waals surface area (Å²) in [5.41, 5.74) is 5.47. The van der Waals surface area contributed by atoms with Crippen LogP contribution in [0, 0.1) is 20.8 Å². The van der Waals surface area contributed by atoms with Gasteiger partial charge in [-0.3, -0.25) is 4.98 Å². The molecule has 0 atom stereocenters. The second kappa shape index (κ2) is 6.27. The summed E-state index contributed by atoms with van der Waals surface area (Å²) in [7, 11) is 1.70. The number of nitrogens with zero attached hydrogens (tertiary/aromatic N) is 1. The first kappa shape index (κ1) is 14.9. The summed E-state index contributed by atoms with van der Waals surface area (Å²) in [4.78, 5) is 4.50. The molecule has 0 radical (unpaired) electrons. The molecule has 0 aliphatic carbocycles. The Balaban J connectivity index is 2.21. The normalized spacial score (nSPS) is 10.4. The third-order valence-corrected chi connectivity index (χ3v) is 4.32. The highest BCUT2D eigenvalue weighted by molar-refractivity contribution is 9.10. The van der Waals surface area contributed by atoms with Crippen LogP contribution in [0.1, 0.15) is 22.4 Å². The molecule has 2 aromatic rings. The first-order chi connectivity index (χ1) is 9.54. The summed E-state index contributed by atoms with van der Waals surface area (Å²) in [5.74, 6) is 0.919. The summed E-state index contributed by atoms with van der Waals surface area (Å²) in [6, 6.07) is 6.13. The van der Waals surface area contributed by atoms with Crippen molar-refractivity contribution in [1.29, 1.82) is 0 Å². The molecule has 0 spiro atoms. The van der Waals surface area contributed by atoms with Gasteiger partial charge in [0.05, 0.1) is 19.3 Å². The Hall–Kier alpha value is -1.55. The Morgan fingerprint density at radius 2 is 1.95 bits per heavy atom. The van der Waals surface area contributed by atoms with Gasteiger partial charge >= 0.3 is 0 Å². The zero-order valence-corrected chi connectivity index (χ0v) is 13.8. The average Bonchev–Trinajstić information content (AvgIpc) is 2.43. The average molecular weight is 335 g/mol. The van der Waals surface area contributed by atoms with E-state index in [0.717, 1.165) is 32.7 Å². The van der Waals surface area contributed by atoms with Gasteiger partial charge in [-0.2, -0.15) is 0 Å². The number of hydrogen-bond donors (Lipinski definition) is 1. The molecule has 1 aromatic carbocycles. The number of ether oxygens (including phenoxy) is 1. The molecule has 0 aliphatic rings. The predicted octanol–water partition coefficient (Wildman–Crippen LogP) is 4.39. The van der Waals surface area contributed by atoms with Gasteiger partial charge in [-0.15, -0.1) is 0 Å². The van der Waals surface area contributed by atoms with Crippen LogP contribution in [0.4, 0.5) is 5.69 Å². The molecule has 1 heterocycles. The number of aromatic nitrogens is 1. The van der Waals surface area contributed by atoms with Crippen LogP contribution in [0.25, 0.3) is 0 Å². The maximum atomic E-state index is 5.44. The summed E-state index contributed by atoms with van der Waals surface area (Å²) in [6.45, 7) is 6.82. The van der Waals surface area contributed by atoms with Gasteiger partial charge in [-0.05, 0) is 38.5 Å². The lowest BCUT2D eigenvalue weighted by Crippen LogP contribution is -2.07. The molecule has 1 aromatic heterocycles. The van der Waals surface area contributed by atoms with E-state index in [1.54, 1.807) is 7.11 Å². The van der Waals surface area contributed by atoms with E-state index in [2.05, 4.69) is 39.2 Å². The van der Waals surface area contributed by atoms with Crippen molar-refractivity contribution >= 4 is 21.6 Å². The smallest absolute Gasteiger partial charge is 0.128 e. The number of halogens is 1. The van der Waals surface area contributed by atoms with Crippen LogP contribution in [0.2, 0.25) is 0 Å². The highest BCUT2D eigenvalue weighted by atomic mass is 79.9. The Labute approximate surface area is 128 Å². The molecular weight excluding hydrogens is 316 g/mol. The molecule has 4 heteroatoms. The number of nitrogens with one attached hydrogen (secondary N) is 1. The van der Waals surface area contributed by atoms with Crippen LogP contribution in [-0.2, 0) is 6.54 Å². The maximum Gasteiger partial charge on any atom is 0.128 e. The van der Waals surface area contributed by atoms with Gasteiger partial charge in [0.1, 0.15) is 5.75 Å². The van der Waals surface area contributed by atoms with Crippen LogP contribution in [0.15, 0.2) is 28.9 Å². The number of aryl methyl sites for hydroxylation is 1. The fourth-order valence-corrected chi connectivity index (χ4v) is 2.59. The van der Waals surface area contributed by atoms with Crippen molar-refractivity contribution in [3.8, 4) is 5.75 Å². The summed E-state index contributed by atoms with van der Waals surface area (Å²) >= 11 is 3.54.